The van der Waals surface area contributed by atoms with E-state index in [0.29, 0.717) is 6.07 Å². The molecule has 0 atom stereocenters. The van der Waals surface area contributed by atoms with Crippen LogP contribution in [0.4, 0.5) is 0 Å². The Labute approximate surface area is 141 Å². The van der Waals surface area contributed by atoms with Gasteiger partial charge in [0.15, 0.2) is 6.29 Å². The number of carbonyl (C=O) groups excluding carboxylic acids is 1. The SMILES string of the molecule is O=C(O)c1cc(S(=O)(=O)O)ccc1C(=O)OCC(O)O.[NaH]. The van der Waals surface area contributed by atoms with Gasteiger partial charge in [-0.25, -0.2) is 9.59 Å². The average molecular weight is 330 g/mol. The predicted octanol–water partition coefficient (Wildman–Crippen LogP) is -1.55. The molecule has 0 aliphatic carbocycles. The summed E-state index contributed by atoms with van der Waals surface area (Å²) >= 11 is 0. The molecular weight excluding hydrogens is 319 g/mol. The second-order valence-corrected chi connectivity index (χ2v) is 4.99. The Bertz CT molecular complexity index is 638. The summed E-state index contributed by atoms with van der Waals surface area (Å²) < 4.78 is 35.0. The third-order valence-corrected chi connectivity index (χ3v) is 2.95. The zero-order valence-electron chi connectivity index (χ0n) is 9.75. The zero-order chi connectivity index (χ0) is 15.5. The summed E-state index contributed by atoms with van der Waals surface area (Å²) in [5.41, 5.74) is -1.21. The van der Waals surface area contributed by atoms with Gasteiger partial charge in [-0.1, -0.05) is 0 Å². The van der Waals surface area contributed by atoms with Gasteiger partial charge in [-0.05, 0) is 18.2 Å². The maximum absolute atomic E-state index is 11.5. The number of hydrogen-bond donors (Lipinski definition) is 4. The molecule has 0 aliphatic heterocycles. The molecule has 9 nitrogen and oxygen atoms in total. The van der Waals surface area contributed by atoms with Crippen molar-refractivity contribution in [3.8, 4) is 0 Å². The van der Waals surface area contributed by atoms with Gasteiger partial charge in [-0.15, -0.1) is 0 Å². The van der Waals surface area contributed by atoms with Crippen LogP contribution >= 0.6 is 0 Å². The van der Waals surface area contributed by atoms with Crippen LogP contribution in [0.2, 0.25) is 0 Å². The van der Waals surface area contributed by atoms with Crippen molar-refractivity contribution in [2.45, 2.75) is 11.2 Å². The second-order valence-electron chi connectivity index (χ2n) is 3.57. The van der Waals surface area contributed by atoms with Gasteiger partial charge in [-0.2, -0.15) is 8.42 Å². The fraction of sp³-hybridized carbons (Fsp3) is 0.200. The topological polar surface area (TPSA) is 158 Å². The van der Waals surface area contributed by atoms with Crippen LogP contribution in [0.1, 0.15) is 20.7 Å². The number of carbonyl (C=O) groups is 2. The van der Waals surface area contributed by atoms with E-state index in [2.05, 4.69) is 4.74 Å². The number of aliphatic hydroxyl groups excluding tert-OH is 1. The Morgan fingerprint density at radius 1 is 1.19 bits per heavy atom. The van der Waals surface area contributed by atoms with E-state index < -0.39 is 51.0 Å². The Kier molecular flexibility index (Phi) is 7.47. The van der Waals surface area contributed by atoms with Crippen LogP contribution in [0.3, 0.4) is 0 Å². The Balaban J connectivity index is 0.00000400. The van der Waals surface area contributed by atoms with Crippen molar-refractivity contribution in [3.05, 3.63) is 29.3 Å². The van der Waals surface area contributed by atoms with Crippen molar-refractivity contribution in [1.82, 2.24) is 0 Å². The van der Waals surface area contributed by atoms with Gasteiger partial charge in [0.1, 0.15) is 6.61 Å². The van der Waals surface area contributed by atoms with E-state index in [4.69, 9.17) is 19.9 Å². The van der Waals surface area contributed by atoms with Gasteiger partial charge in [-0.3, -0.25) is 4.55 Å². The molecule has 11 heteroatoms. The molecule has 0 radical (unpaired) electrons. The molecule has 0 saturated heterocycles. The first-order valence-corrected chi connectivity index (χ1v) is 6.45. The Morgan fingerprint density at radius 3 is 2.19 bits per heavy atom. The molecule has 0 aliphatic rings. The Morgan fingerprint density at radius 2 is 1.76 bits per heavy atom. The molecule has 0 spiro atoms. The molecule has 4 N–H and O–H groups in total. The number of rotatable bonds is 5. The summed E-state index contributed by atoms with van der Waals surface area (Å²) in [7, 11) is -4.62. The molecule has 1 rings (SSSR count). The summed E-state index contributed by atoms with van der Waals surface area (Å²) in [6.45, 7) is -0.780. The van der Waals surface area contributed by atoms with E-state index in [-0.39, 0.29) is 29.6 Å². The number of aromatic carboxylic acids is 1. The van der Waals surface area contributed by atoms with Crippen LogP contribution in [0.15, 0.2) is 23.1 Å². The van der Waals surface area contributed by atoms with Crippen molar-refractivity contribution in [3.63, 3.8) is 0 Å². The van der Waals surface area contributed by atoms with E-state index in [1.165, 1.54) is 0 Å². The van der Waals surface area contributed by atoms with Gasteiger partial charge in [0, 0.05) is 0 Å². The first kappa shape index (κ1) is 20.0. The molecule has 0 bridgehead atoms. The molecule has 0 amide bonds. The van der Waals surface area contributed by atoms with Gasteiger partial charge >= 0.3 is 41.5 Å². The number of esters is 1. The summed E-state index contributed by atoms with van der Waals surface area (Å²) in [5.74, 6) is -2.80. The molecule has 21 heavy (non-hydrogen) atoms. The second kappa shape index (κ2) is 7.84. The van der Waals surface area contributed by atoms with E-state index >= 15 is 0 Å². The molecule has 0 fully saturated rings. The molecular formula is C10H11NaO9S. The van der Waals surface area contributed by atoms with Gasteiger partial charge in [0.2, 0.25) is 0 Å². The fourth-order valence-corrected chi connectivity index (χ4v) is 1.77. The monoisotopic (exact) mass is 330 g/mol. The van der Waals surface area contributed by atoms with Crippen molar-refractivity contribution in [2.75, 3.05) is 6.61 Å². The number of carboxylic acid groups (broad SMARTS) is 1. The summed E-state index contributed by atoms with van der Waals surface area (Å²) in [6.07, 6.45) is -1.93. The third kappa shape index (κ3) is 5.71. The third-order valence-electron chi connectivity index (χ3n) is 2.10. The van der Waals surface area contributed by atoms with Crippen LogP contribution in [0.5, 0.6) is 0 Å². The average Bonchev–Trinajstić information content (AvgIpc) is 2.33. The maximum atomic E-state index is 11.5. The van der Waals surface area contributed by atoms with Crippen LogP contribution in [-0.4, -0.2) is 82.7 Å². The summed E-state index contributed by atoms with van der Waals surface area (Å²) in [5, 5.41) is 26.0. The molecule has 1 aromatic carbocycles. The van der Waals surface area contributed by atoms with Crippen LogP contribution < -0.4 is 0 Å². The van der Waals surface area contributed by atoms with E-state index in [0.717, 1.165) is 12.1 Å². The molecule has 1 aromatic rings. The van der Waals surface area contributed by atoms with Gasteiger partial charge in [0.25, 0.3) is 10.1 Å². The number of hydrogen-bond acceptors (Lipinski definition) is 7. The molecule has 112 valence electrons. The fourth-order valence-electron chi connectivity index (χ4n) is 1.27. The number of aliphatic hydroxyl groups is 2. The normalized spacial score (nSPS) is 10.9. The van der Waals surface area contributed by atoms with Gasteiger partial charge in [0.05, 0.1) is 16.0 Å². The van der Waals surface area contributed by atoms with Crippen molar-refractivity contribution >= 4 is 51.6 Å². The van der Waals surface area contributed by atoms with E-state index in [9.17, 15) is 18.0 Å². The number of ether oxygens (including phenoxy) is 1. The summed E-state index contributed by atoms with van der Waals surface area (Å²) in [6, 6.07) is 2.23. The predicted molar refractivity (Wildman–Crippen MR) is 68.9 cm³/mol. The minimum absolute atomic E-state index is 0. The standard InChI is InChI=1S/C10H10O9S.Na.H/c11-8(12)4-19-10(15)6-2-1-5(20(16,17)18)3-7(6)9(13)14;;/h1-3,8,11-12H,4H2,(H,13,14)(H,16,17,18);;. The first-order valence-electron chi connectivity index (χ1n) is 5.01. The summed E-state index contributed by atoms with van der Waals surface area (Å²) in [4.78, 5) is 21.8. The van der Waals surface area contributed by atoms with Crippen LogP contribution in [0, 0.1) is 0 Å². The van der Waals surface area contributed by atoms with E-state index in [1.807, 2.05) is 0 Å². The van der Waals surface area contributed by atoms with Crippen molar-refractivity contribution in [2.24, 2.45) is 0 Å². The molecule has 0 aromatic heterocycles. The van der Waals surface area contributed by atoms with E-state index in [1.54, 1.807) is 0 Å². The van der Waals surface area contributed by atoms with Crippen molar-refractivity contribution in [1.29, 1.82) is 0 Å². The number of carboxylic acids is 1. The quantitative estimate of drug-likeness (QED) is 0.217. The van der Waals surface area contributed by atoms with Crippen LogP contribution in [0.25, 0.3) is 0 Å². The Hall–Kier alpha value is -1.01. The zero-order valence-corrected chi connectivity index (χ0v) is 10.6. The molecule has 0 heterocycles. The number of benzene rings is 1. The van der Waals surface area contributed by atoms with Crippen molar-refractivity contribution < 1.29 is 42.6 Å². The van der Waals surface area contributed by atoms with Gasteiger partial charge < -0.3 is 20.1 Å². The van der Waals surface area contributed by atoms with Crippen LogP contribution in [-0.2, 0) is 14.9 Å². The first-order chi connectivity index (χ1) is 9.12. The molecule has 0 unspecified atom stereocenters. The minimum atomic E-state index is -4.62. The molecule has 0 saturated carbocycles.